The number of hydrogen-bond donors (Lipinski definition) is 2. The van der Waals surface area contributed by atoms with E-state index in [-0.39, 0.29) is 23.5 Å². The highest BCUT2D eigenvalue weighted by atomic mass is 19.1. The van der Waals surface area contributed by atoms with Gasteiger partial charge in [-0.25, -0.2) is 14.4 Å². The Labute approximate surface area is 161 Å². The summed E-state index contributed by atoms with van der Waals surface area (Å²) in [4.78, 5) is 20.9. The molecule has 0 saturated heterocycles. The Hall–Kier alpha value is -3.47. The Morgan fingerprint density at radius 1 is 1.39 bits per heavy atom. The first-order chi connectivity index (χ1) is 13.5. The second kappa shape index (κ2) is 6.93. The molecule has 2 aliphatic rings. The summed E-state index contributed by atoms with van der Waals surface area (Å²) in [5, 5.41) is 11.5. The zero-order valence-electron chi connectivity index (χ0n) is 15.0. The molecular weight excluding hydrogens is 361 g/mol. The fourth-order valence-corrected chi connectivity index (χ4v) is 3.98. The van der Waals surface area contributed by atoms with E-state index in [1.165, 1.54) is 30.5 Å². The maximum Gasteiger partial charge on any atom is 0.282 e. The monoisotopic (exact) mass is 379 g/mol. The Morgan fingerprint density at radius 2 is 2.25 bits per heavy atom. The summed E-state index contributed by atoms with van der Waals surface area (Å²) in [5.74, 6) is -0.794. The van der Waals surface area contributed by atoms with Gasteiger partial charge in [0, 0.05) is 23.4 Å². The third-order valence-corrected chi connectivity index (χ3v) is 5.34. The van der Waals surface area contributed by atoms with Gasteiger partial charge in [-0.05, 0) is 43.2 Å². The molecule has 7 nitrogen and oxygen atoms in total. The van der Waals surface area contributed by atoms with E-state index >= 15 is 0 Å². The maximum atomic E-state index is 14.8. The first-order valence-corrected chi connectivity index (χ1v) is 8.97. The van der Waals surface area contributed by atoms with Crippen molar-refractivity contribution in [2.75, 3.05) is 11.9 Å². The molecule has 1 aliphatic heterocycles. The lowest BCUT2D eigenvalue weighted by Crippen LogP contribution is -2.41. The molecule has 1 saturated carbocycles. The van der Waals surface area contributed by atoms with Crippen molar-refractivity contribution in [1.29, 1.82) is 5.26 Å². The molecule has 0 radical (unpaired) electrons. The second-order valence-electron chi connectivity index (χ2n) is 6.97. The molecule has 1 amide bonds. The molecule has 3 N–H and O–H groups in total. The highest BCUT2D eigenvalue weighted by molar-refractivity contribution is 6.02. The predicted molar refractivity (Wildman–Crippen MR) is 99.9 cm³/mol. The van der Waals surface area contributed by atoms with Crippen molar-refractivity contribution in [3.63, 3.8) is 0 Å². The van der Waals surface area contributed by atoms with E-state index in [2.05, 4.69) is 15.3 Å². The molecule has 2 atom stereocenters. The normalized spacial score (nSPS) is 23.1. The SMILES string of the molecule is N#Cc1ccc(C(=O)Nc2ccc(F)c(C34CCCC3COC(N)=N4)c2)nc1. The molecular formula is C20H18FN5O2. The number of anilines is 1. The number of nitriles is 1. The number of nitrogens with zero attached hydrogens (tertiary/aromatic N) is 3. The van der Waals surface area contributed by atoms with E-state index in [4.69, 9.17) is 15.7 Å². The molecule has 2 aromatic rings. The second-order valence-corrected chi connectivity index (χ2v) is 6.97. The highest BCUT2D eigenvalue weighted by Crippen LogP contribution is 2.49. The van der Waals surface area contributed by atoms with Crippen molar-refractivity contribution in [3.8, 4) is 6.07 Å². The molecule has 4 rings (SSSR count). The number of nitrogens with one attached hydrogen (secondary N) is 1. The number of pyridine rings is 1. The lowest BCUT2D eigenvalue weighted by Gasteiger charge is -2.36. The number of fused-ring (bicyclic) bond motifs is 1. The van der Waals surface area contributed by atoms with Gasteiger partial charge >= 0.3 is 0 Å². The summed E-state index contributed by atoms with van der Waals surface area (Å²) >= 11 is 0. The van der Waals surface area contributed by atoms with Crippen LogP contribution in [0.1, 0.15) is 40.9 Å². The molecule has 8 heteroatoms. The largest absolute Gasteiger partial charge is 0.465 e. The number of halogens is 1. The minimum atomic E-state index is -0.764. The van der Waals surface area contributed by atoms with Crippen LogP contribution in [0.25, 0.3) is 0 Å². The van der Waals surface area contributed by atoms with E-state index in [1.54, 1.807) is 6.07 Å². The zero-order chi connectivity index (χ0) is 19.7. The van der Waals surface area contributed by atoms with Gasteiger partial charge in [-0.15, -0.1) is 0 Å². The molecule has 1 aliphatic carbocycles. The Bertz CT molecular complexity index is 999. The van der Waals surface area contributed by atoms with Gasteiger partial charge in [0.25, 0.3) is 11.9 Å². The number of rotatable bonds is 3. The van der Waals surface area contributed by atoms with Crippen LogP contribution in [0.4, 0.5) is 10.1 Å². The number of hydrogen-bond acceptors (Lipinski definition) is 6. The van der Waals surface area contributed by atoms with Crippen LogP contribution >= 0.6 is 0 Å². The Morgan fingerprint density at radius 3 is 3.00 bits per heavy atom. The summed E-state index contributed by atoms with van der Waals surface area (Å²) in [6, 6.07) is 9.41. The van der Waals surface area contributed by atoms with Gasteiger partial charge in [0.1, 0.15) is 23.1 Å². The van der Waals surface area contributed by atoms with Gasteiger partial charge < -0.3 is 15.8 Å². The fraction of sp³-hybridized carbons (Fsp3) is 0.300. The Balaban J connectivity index is 1.65. The topological polar surface area (TPSA) is 113 Å². The molecule has 0 spiro atoms. The number of benzene rings is 1. The number of aliphatic imine (C=N–C) groups is 1. The fourth-order valence-electron chi connectivity index (χ4n) is 3.98. The molecule has 1 aromatic heterocycles. The standard InChI is InChI=1S/C20H18FN5O2/c21-16-5-4-14(25-18(27)17-6-3-12(9-22)10-24-17)8-15(16)20-7-1-2-13(20)11-28-19(23)26-20/h3-6,8,10,13H,1-2,7,11H2,(H2,23,26)(H,25,27). The van der Waals surface area contributed by atoms with E-state index in [1.807, 2.05) is 6.07 Å². The van der Waals surface area contributed by atoms with Crippen LogP contribution in [0.15, 0.2) is 41.5 Å². The van der Waals surface area contributed by atoms with Gasteiger partial charge in [-0.3, -0.25) is 4.79 Å². The zero-order valence-corrected chi connectivity index (χ0v) is 15.0. The maximum absolute atomic E-state index is 14.8. The minimum absolute atomic E-state index is 0.0421. The molecule has 0 bridgehead atoms. The third kappa shape index (κ3) is 3.05. The molecule has 2 heterocycles. The molecule has 1 fully saturated rings. The first kappa shape index (κ1) is 17.9. The minimum Gasteiger partial charge on any atom is -0.465 e. The summed E-state index contributed by atoms with van der Waals surface area (Å²) in [6.45, 7) is 0.403. The average molecular weight is 379 g/mol. The smallest absolute Gasteiger partial charge is 0.282 e. The van der Waals surface area contributed by atoms with Crippen molar-refractivity contribution in [1.82, 2.24) is 4.98 Å². The number of amides is 1. The van der Waals surface area contributed by atoms with Crippen molar-refractivity contribution in [2.45, 2.75) is 24.8 Å². The summed E-state index contributed by atoms with van der Waals surface area (Å²) in [7, 11) is 0. The summed E-state index contributed by atoms with van der Waals surface area (Å²) in [5.41, 5.74) is 6.39. The quantitative estimate of drug-likeness (QED) is 0.851. The predicted octanol–water partition coefficient (Wildman–Crippen LogP) is 2.68. The summed E-state index contributed by atoms with van der Waals surface area (Å²) < 4.78 is 20.1. The van der Waals surface area contributed by atoms with Crippen molar-refractivity contribution in [2.24, 2.45) is 16.6 Å². The van der Waals surface area contributed by atoms with Crippen LogP contribution in [-0.2, 0) is 10.3 Å². The van der Waals surface area contributed by atoms with Crippen LogP contribution in [0.3, 0.4) is 0 Å². The van der Waals surface area contributed by atoms with Crippen LogP contribution in [-0.4, -0.2) is 23.5 Å². The van der Waals surface area contributed by atoms with Gasteiger partial charge in [0.05, 0.1) is 12.2 Å². The average Bonchev–Trinajstić information content (AvgIpc) is 3.13. The Kier molecular flexibility index (Phi) is 4.43. The molecule has 28 heavy (non-hydrogen) atoms. The lowest BCUT2D eigenvalue weighted by atomic mass is 9.80. The number of ether oxygens (including phenoxy) is 1. The lowest BCUT2D eigenvalue weighted by molar-refractivity contribution is 0.102. The van der Waals surface area contributed by atoms with E-state index in [9.17, 15) is 9.18 Å². The van der Waals surface area contributed by atoms with Crippen LogP contribution in [0.2, 0.25) is 0 Å². The van der Waals surface area contributed by atoms with Gasteiger partial charge in [0.2, 0.25) is 0 Å². The van der Waals surface area contributed by atoms with E-state index < -0.39 is 11.4 Å². The van der Waals surface area contributed by atoms with E-state index in [0.29, 0.717) is 29.8 Å². The number of aromatic nitrogens is 1. The number of carbonyl (C=O) groups is 1. The number of carbonyl (C=O) groups excluding carboxylic acids is 1. The number of amidine groups is 1. The first-order valence-electron chi connectivity index (χ1n) is 8.97. The van der Waals surface area contributed by atoms with Crippen LogP contribution in [0.5, 0.6) is 0 Å². The molecule has 142 valence electrons. The van der Waals surface area contributed by atoms with Crippen LogP contribution < -0.4 is 11.1 Å². The highest BCUT2D eigenvalue weighted by Gasteiger charge is 2.48. The molecule has 1 aromatic carbocycles. The third-order valence-electron chi connectivity index (χ3n) is 5.34. The van der Waals surface area contributed by atoms with E-state index in [0.717, 1.165) is 12.8 Å². The van der Waals surface area contributed by atoms with Crippen LogP contribution in [0, 0.1) is 23.1 Å². The van der Waals surface area contributed by atoms with Gasteiger partial charge in [0.15, 0.2) is 0 Å². The van der Waals surface area contributed by atoms with Gasteiger partial charge in [-0.1, -0.05) is 6.42 Å². The summed E-state index contributed by atoms with van der Waals surface area (Å²) in [6.07, 6.45) is 3.78. The van der Waals surface area contributed by atoms with Crippen molar-refractivity contribution >= 4 is 17.6 Å². The van der Waals surface area contributed by atoms with Gasteiger partial charge in [-0.2, -0.15) is 5.26 Å². The molecule has 2 unspecified atom stereocenters. The van der Waals surface area contributed by atoms with Crippen molar-refractivity contribution < 1.29 is 13.9 Å². The van der Waals surface area contributed by atoms with Crippen molar-refractivity contribution in [3.05, 3.63) is 59.2 Å². The number of nitrogens with two attached hydrogens (primary N) is 1.